The molecule has 0 aliphatic rings. The van der Waals surface area contributed by atoms with Crippen molar-refractivity contribution in [2.24, 2.45) is 0 Å². The van der Waals surface area contributed by atoms with Crippen LogP contribution in [0.15, 0.2) is 18.2 Å². The zero-order valence-corrected chi connectivity index (χ0v) is 7.08. The molecule has 68 valence electrons. The minimum Gasteiger partial charge on any atom is -0.385 e. The Morgan fingerprint density at radius 2 is 2.31 bits per heavy atom. The Labute approximate surface area is 74.2 Å². The van der Waals surface area contributed by atoms with Crippen LogP contribution in [0.2, 0.25) is 0 Å². The Morgan fingerprint density at radius 3 is 3.00 bits per heavy atom. The smallest absolute Gasteiger partial charge is 0.135 e. The van der Waals surface area contributed by atoms with Crippen LogP contribution >= 0.6 is 0 Å². The van der Waals surface area contributed by atoms with Crippen LogP contribution in [0.5, 0.6) is 0 Å². The van der Waals surface area contributed by atoms with Crippen molar-refractivity contribution >= 4 is 11.0 Å². The number of benzene rings is 1. The third-order valence-electron chi connectivity index (χ3n) is 1.86. The first kappa shape index (κ1) is 8.19. The van der Waals surface area contributed by atoms with E-state index in [1.54, 1.807) is 13.0 Å². The molecular weight excluding hydrogens is 171 g/mol. The molecule has 2 N–H and O–H groups in total. The van der Waals surface area contributed by atoms with E-state index in [2.05, 4.69) is 9.97 Å². The number of aliphatic hydroxyl groups excluding tert-OH is 1. The van der Waals surface area contributed by atoms with Gasteiger partial charge < -0.3 is 10.1 Å². The average Bonchev–Trinajstić information content (AvgIpc) is 2.46. The van der Waals surface area contributed by atoms with Crippen LogP contribution in [0.25, 0.3) is 11.0 Å². The predicted octanol–water partition coefficient (Wildman–Crippen LogP) is 1.76. The van der Waals surface area contributed by atoms with E-state index in [1.165, 1.54) is 12.1 Å². The van der Waals surface area contributed by atoms with E-state index in [9.17, 15) is 9.50 Å². The van der Waals surface area contributed by atoms with Crippen LogP contribution in [-0.2, 0) is 0 Å². The summed E-state index contributed by atoms with van der Waals surface area (Å²) in [6.45, 7) is 1.61. The van der Waals surface area contributed by atoms with E-state index in [4.69, 9.17) is 0 Å². The van der Waals surface area contributed by atoms with E-state index >= 15 is 0 Å². The van der Waals surface area contributed by atoms with Gasteiger partial charge in [0.2, 0.25) is 0 Å². The highest BCUT2D eigenvalue weighted by molar-refractivity contribution is 5.74. The van der Waals surface area contributed by atoms with Gasteiger partial charge in [0.05, 0.1) is 11.0 Å². The first-order valence-electron chi connectivity index (χ1n) is 4.00. The first-order chi connectivity index (χ1) is 6.16. The number of imidazole rings is 1. The number of aliphatic hydroxyl groups is 1. The maximum Gasteiger partial charge on any atom is 0.135 e. The highest BCUT2D eigenvalue weighted by Crippen LogP contribution is 2.16. The van der Waals surface area contributed by atoms with Crippen molar-refractivity contribution in [2.75, 3.05) is 0 Å². The molecule has 0 amide bonds. The van der Waals surface area contributed by atoms with Gasteiger partial charge >= 0.3 is 0 Å². The van der Waals surface area contributed by atoms with Gasteiger partial charge in [0.15, 0.2) is 0 Å². The van der Waals surface area contributed by atoms with Gasteiger partial charge in [-0.15, -0.1) is 0 Å². The van der Waals surface area contributed by atoms with Gasteiger partial charge in [-0.25, -0.2) is 9.37 Å². The first-order valence-corrected chi connectivity index (χ1v) is 4.00. The number of rotatable bonds is 1. The van der Waals surface area contributed by atoms with Gasteiger partial charge in [0.1, 0.15) is 17.7 Å². The summed E-state index contributed by atoms with van der Waals surface area (Å²) in [6.07, 6.45) is -0.657. The Morgan fingerprint density at radius 1 is 1.54 bits per heavy atom. The molecule has 1 atom stereocenters. The summed E-state index contributed by atoms with van der Waals surface area (Å²) >= 11 is 0. The van der Waals surface area contributed by atoms with Crippen LogP contribution in [0, 0.1) is 5.82 Å². The second kappa shape index (κ2) is 2.81. The number of halogens is 1. The molecule has 1 heterocycles. The molecular formula is C9H9FN2O. The molecule has 2 rings (SSSR count). The minimum absolute atomic E-state index is 0.312. The molecule has 3 nitrogen and oxygen atoms in total. The quantitative estimate of drug-likeness (QED) is 0.702. The Bertz CT molecular complexity index is 436. The van der Waals surface area contributed by atoms with E-state index in [0.29, 0.717) is 16.9 Å². The molecule has 0 spiro atoms. The molecule has 0 unspecified atom stereocenters. The number of hydrogen-bond acceptors (Lipinski definition) is 2. The molecule has 1 aromatic heterocycles. The van der Waals surface area contributed by atoms with Gasteiger partial charge in [-0.2, -0.15) is 0 Å². The number of hydrogen-bond donors (Lipinski definition) is 2. The third-order valence-corrected chi connectivity index (χ3v) is 1.86. The van der Waals surface area contributed by atoms with Crippen LogP contribution in [-0.4, -0.2) is 15.1 Å². The van der Waals surface area contributed by atoms with E-state index < -0.39 is 6.10 Å². The molecule has 0 aliphatic carbocycles. The zero-order chi connectivity index (χ0) is 9.42. The summed E-state index contributed by atoms with van der Waals surface area (Å²) in [5, 5.41) is 9.21. The van der Waals surface area contributed by atoms with Crippen molar-refractivity contribution in [1.82, 2.24) is 9.97 Å². The second-order valence-electron chi connectivity index (χ2n) is 2.96. The Hall–Kier alpha value is -1.42. The fourth-order valence-corrected chi connectivity index (χ4v) is 1.20. The largest absolute Gasteiger partial charge is 0.385 e. The molecule has 0 fully saturated rings. The molecule has 0 aliphatic heterocycles. The number of aromatic nitrogens is 2. The SMILES string of the molecule is C[C@H](O)c1nc2ccc(F)cc2[nH]1. The summed E-state index contributed by atoms with van der Waals surface area (Å²) in [6, 6.07) is 4.27. The highest BCUT2D eigenvalue weighted by atomic mass is 19.1. The molecule has 1 aromatic carbocycles. The van der Waals surface area contributed by atoms with E-state index in [0.717, 1.165) is 0 Å². The molecule has 0 radical (unpaired) electrons. The number of fused-ring (bicyclic) bond motifs is 1. The molecule has 4 heteroatoms. The van der Waals surface area contributed by atoms with Crippen molar-refractivity contribution in [2.45, 2.75) is 13.0 Å². The van der Waals surface area contributed by atoms with Gasteiger partial charge in [-0.05, 0) is 25.1 Å². The van der Waals surface area contributed by atoms with E-state index in [1.807, 2.05) is 0 Å². The number of aromatic amines is 1. The normalized spacial score (nSPS) is 13.5. The zero-order valence-electron chi connectivity index (χ0n) is 7.08. The van der Waals surface area contributed by atoms with Crippen molar-refractivity contribution in [3.8, 4) is 0 Å². The molecule has 2 aromatic rings. The molecule has 0 saturated carbocycles. The van der Waals surface area contributed by atoms with Gasteiger partial charge in [0.25, 0.3) is 0 Å². The topological polar surface area (TPSA) is 48.9 Å². The van der Waals surface area contributed by atoms with Crippen molar-refractivity contribution in [1.29, 1.82) is 0 Å². The van der Waals surface area contributed by atoms with Gasteiger partial charge in [-0.1, -0.05) is 0 Å². The summed E-state index contributed by atoms with van der Waals surface area (Å²) in [5.41, 5.74) is 1.27. The van der Waals surface area contributed by atoms with Gasteiger partial charge in [0, 0.05) is 0 Å². The summed E-state index contributed by atoms with van der Waals surface area (Å²) in [5.74, 6) is 0.147. The fourth-order valence-electron chi connectivity index (χ4n) is 1.20. The number of nitrogens with one attached hydrogen (secondary N) is 1. The van der Waals surface area contributed by atoms with Crippen molar-refractivity contribution in [3.63, 3.8) is 0 Å². The highest BCUT2D eigenvalue weighted by Gasteiger charge is 2.07. The maximum atomic E-state index is 12.7. The number of nitrogens with zero attached hydrogens (tertiary/aromatic N) is 1. The average molecular weight is 180 g/mol. The summed E-state index contributed by atoms with van der Waals surface area (Å²) < 4.78 is 12.7. The molecule has 13 heavy (non-hydrogen) atoms. The predicted molar refractivity (Wildman–Crippen MR) is 46.7 cm³/mol. The lowest BCUT2D eigenvalue weighted by Crippen LogP contribution is -1.92. The monoisotopic (exact) mass is 180 g/mol. The minimum atomic E-state index is -0.657. The third kappa shape index (κ3) is 1.40. The second-order valence-corrected chi connectivity index (χ2v) is 2.96. The summed E-state index contributed by atoms with van der Waals surface area (Å²) in [7, 11) is 0. The van der Waals surface area contributed by atoms with Gasteiger partial charge in [-0.3, -0.25) is 0 Å². The van der Waals surface area contributed by atoms with Crippen molar-refractivity contribution in [3.05, 3.63) is 29.8 Å². The molecule has 0 saturated heterocycles. The van der Waals surface area contributed by atoms with Crippen LogP contribution in [0.3, 0.4) is 0 Å². The van der Waals surface area contributed by atoms with Crippen LogP contribution in [0.1, 0.15) is 18.9 Å². The fraction of sp³-hybridized carbons (Fsp3) is 0.222. The molecule has 0 bridgehead atoms. The van der Waals surface area contributed by atoms with Crippen LogP contribution in [0.4, 0.5) is 4.39 Å². The van der Waals surface area contributed by atoms with E-state index in [-0.39, 0.29) is 5.82 Å². The lowest BCUT2D eigenvalue weighted by molar-refractivity contribution is 0.190. The summed E-state index contributed by atoms with van der Waals surface area (Å²) in [4.78, 5) is 6.92. The standard InChI is InChI=1S/C9H9FN2O/c1-5(13)9-11-7-3-2-6(10)4-8(7)12-9/h2-5,13H,1H3,(H,11,12)/t5-/m0/s1. The number of H-pyrrole nitrogens is 1. The lowest BCUT2D eigenvalue weighted by atomic mass is 10.3. The Kier molecular flexibility index (Phi) is 1.77. The Balaban J connectivity index is 2.62. The van der Waals surface area contributed by atoms with Crippen molar-refractivity contribution < 1.29 is 9.50 Å². The van der Waals surface area contributed by atoms with Crippen LogP contribution < -0.4 is 0 Å². The maximum absolute atomic E-state index is 12.7. The lowest BCUT2D eigenvalue weighted by Gasteiger charge is -1.95.